The number of nitrogens with one attached hydrogen (secondary N) is 2. The van der Waals surface area contributed by atoms with Crippen molar-refractivity contribution in [2.75, 3.05) is 54.7 Å². The molecule has 324 valence electrons. The van der Waals surface area contributed by atoms with Crippen LogP contribution in [0.1, 0.15) is 47.2 Å². The maximum atomic E-state index is 14.9. The first-order chi connectivity index (χ1) is 28.9. The lowest BCUT2D eigenvalue weighted by Crippen LogP contribution is -2.59. The number of Topliss-reactive ketones (excluding diaryl/α,β-unsaturated/α-hetero) is 1. The van der Waals surface area contributed by atoms with Crippen molar-refractivity contribution in [1.82, 2.24) is 10.6 Å². The molecule has 6 N–H and O–H groups in total. The van der Waals surface area contributed by atoms with E-state index < -0.39 is 78.3 Å². The zero-order valence-electron chi connectivity index (χ0n) is 34.0. The van der Waals surface area contributed by atoms with Crippen LogP contribution in [0, 0.1) is 5.92 Å². The zero-order chi connectivity index (χ0) is 43.6. The summed E-state index contributed by atoms with van der Waals surface area (Å²) in [6.07, 6.45) is -4.90. The Hall–Kier alpha value is -5.56. The Kier molecular flexibility index (Phi) is 15.6. The number of unbranched alkanes of at least 4 members (excludes halogenated alkanes) is 1. The molecular formula is C43H52N2O15. The summed E-state index contributed by atoms with van der Waals surface area (Å²) in [5, 5.41) is 45.1. The van der Waals surface area contributed by atoms with Crippen LogP contribution in [0.3, 0.4) is 0 Å². The quantitative estimate of drug-likeness (QED) is 0.0490. The number of ether oxygens (including phenoxy) is 7. The maximum absolute atomic E-state index is 14.9. The summed E-state index contributed by atoms with van der Waals surface area (Å²) >= 11 is 0. The van der Waals surface area contributed by atoms with Gasteiger partial charge in [-0.05, 0) is 37.5 Å². The minimum atomic E-state index is -2.11. The highest BCUT2D eigenvalue weighted by Gasteiger charge is 2.60. The maximum Gasteiger partial charge on any atom is 0.355 e. The molecule has 1 fully saturated rings. The van der Waals surface area contributed by atoms with Crippen LogP contribution in [0.25, 0.3) is 0 Å². The normalized spacial score (nSPS) is 25.2. The highest BCUT2D eigenvalue weighted by atomic mass is 16.7. The number of hydrogen-bond donors (Lipinski definition) is 6. The topological polar surface area (TPSA) is 238 Å². The largest absolute Gasteiger partial charge is 0.497 e. The fraction of sp³-hybridized carbons (Fsp3) is 0.442. The molecule has 0 aromatic heterocycles. The lowest BCUT2D eigenvalue weighted by molar-refractivity contribution is -0.298. The number of benzene rings is 3. The Bertz CT molecular complexity index is 1990. The van der Waals surface area contributed by atoms with Gasteiger partial charge in [0.2, 0.25) is 17.4 Å². The Morgan fingerprint density at radius 2 is 1.50 bits per heavy atom. The molecule has 2 amide bonds. The first kappa shape index (κ1) is 45.5. The number of methoxy groups -OCH3 is 4. The lowest BCUT2D eigenvalue weighted by Gasteiger charge is -2.40. The molecule has 8 unspecified atom stereocenters. The molecule has 0 saturated carbocycles. The van der Waals surface area contributed by atoms with Gasteiger partial charge in [-0.1, -0.05) is 48.5 Å². The van der Waals surface area contributed by atoms with Gasteiger partial charge in [-0.25, -0.2) is 4.79 Å². The first-order valence-electron chi connectivity index (χ1n) is 19.3. The van der Waals surface area contributed by atoms with Gasteiger partial charge in [0.1, 0.15) is 58.9 Å². The van der Waals surface area contributed by atoms with Gasteiger partial charge in [-0.15, -0.1) is 0 Å². The highest BCUT2D eigenvalue weighted by Crippen LogP contribution is 2.53. The predicted octanol–water partition coefficient (Wildman–Crippen LogP) is 1.53. The molecule has 5 rings (SSSR count). The van der Waals surface area contributed by atoms with Gasteiger partial charge in [0, 0.05) is 36.4 Å². The summed E-state index contributed by atoms with van der Waals surface area (Å²) < 4.78 is 39.5. The summed E-state index contributed by atoms with van der Waals surface area (Å²) in [4.78, 5) is 56.7. The summed E-state index contributed by atoms with van der Waals surface area (Å²) in [5.74, 6) is -4.72. The van der Waals surface area contributed by atoms with Crippen LogP contribution in [0.2, 0.25) is 0 Å². The predicted molar refractivity (Wildman–Crippen MR) is 213 cm³/mol. The minimum absolute atomic E-state index is 0.0609. The summed E-state index contributed by atoms with van der Waals surface area (Å²) in [6, 6.07) is 18.1. The van der Waals surface area contributed by atoms with Crippen LogP contribution < -0.4 is 29.6 Å². The molecule has 2 aliphatic heterocycles. The number of amides is 2. The molecule has 0 aliphatic carbocycles. The van der Waals surface area contributed by atoms with Gasteiger partial charge in [0.25, 0.3) is 0 Å². The molecule has 0 bridgehead atoms. The average molecular weight is 837 g/mol. The van der Waals surface area contributed by atoms with E-state index in [-0.39, 0.29) is 53.6 Å². The van der Waals surface area contributed by atoms with Crippen LogP contribution in [0.15, 0.2) is 78.4 Å². The second-order valence-electron chi connectivity index (χ2n) is 14.2. The van der Waals surface area contributed by atoms with Gasteiger partial charge < -0.3 is 64.2 Å². The number of fused-ring (bicyclic) bond motifs is 1. The van der Waals surface area contributed by atoms with E-state index in [0.29, 0.717) is 24.2 Å². The first-order valence-corrected chi connectivity index (χ1v) is 19.3. The van der Waals surface area contributed by atoms with Crippen LogP contribution in [-0.2, 0) is 34.2 Å². The van der Waals surface area contributed by atoms with Gasteiger partial charge in [-0.2, -0.15) is 0 Å². The fourth-order valence-electron chi connectivity index (χ4n) is 7.30. The lowest BCUT2D eigenvalue weighted by atomic mass is 9.68. The van der Waals surface area contributed by atoms with Crippen LogP contribution in [-0.4, -0.2) is 129 Å². The molecule has 2 aliphatic rings. The van der Waals surface area contributed by atoms with E-state index in [1.807, 2.05) is 0 Å². The standard InChI is InChI=1S/C43H52N2O15/c1-24(17-20-58-41-38(50)37(49)35(47)31(23-46)59-41)39(51)44-18-9-10-19-45-40(52)33-34(25-11-7-6-8-12-25)43(42(53)57-5,26-13-15-27(54-2)16-14-26)60-30-22-28(55-3)21-29(56-4)32(30)36(33)48/h6-8,11-17,21-22,31,33-35,37-38,41,46-47,49-50H,9-10,18-20,23H2,1-5H3,(H,44,51)(H,45,52). The van der Waals surface area contributed by atoms with Crippen molar-refractivity contribution in [3.8, 4) is 23.0 Å². The van der Waals surface area contributed by atoms with E-state index in [1.54, 1.807) is 61.5 Å². The van der Waals surface area contributed by atoms with Crippen molar-refractivity contribution in [3.05, 3.63) is 95.1 Å². The molecular weight excluding hydrogens is 784 g/mol. The van der Waals surface area contributed by atoms with Crippen molar-refractivity contribution in [2.45, 2.75) is 62.0 Å². The molecule has 0 radical (unpaired) electrons. The van der Waals surface area contributed by atoms with Crippen LogP contribution in [0.4, 0.5) is 0 Å². The van der Waals surface area contributed by atoms with Crippen molar-refractivity contribution < 1.29 is 72.8 Å². The summed E-state index contributed by atoms with van der Waals surface area (Å²) in [6.45, 7) is 1.09. The Balaban J connectivity index is 1.35. The molecule has 3 aromatic carbocycles. The van der Waals surface area contributed by atoms with Crippen molar-refractivity contribution in [3.63, 3.8) is 0 Å². The second-order valence-corrected chi connectivity index (χ2v) is 14.2. The third-order valence-electron chi connectivity index (χ3n) is 10.6. The third kappa shape index (κ3) is 9.57. The van der Waals surface area contributed by atoms with E-state index >= 15 is 0 Å². The number of esters is 1. The van der Waals surface area contributed by atoms with E-state index in [2.05, 4.69) is 10.6 Å². The number of aliphatic hydroxyl groups excluding tert-OH is 4. The summed E-state index contributed by atoms with van der Waals surface area (Å²) in [7, 11) is 5.48. The average Bonchev–Trinajstić information content (AvgIpc) is 3.39. The van der Waals surface area contributed by atoms with Crippen molar-refractivity contribution >= 4 is 23.6 Å². The van der Waals surface area contributed by atoms with Gasteiger partial charge >= 0.3 is 5.97 Å². The van der Waals surface area contributed by atoms with Gasteiger partial charge in [-0.3, -0.25) is 14.4 Å². The van der Waals surface area contributed by atoms with E-state index in [0.717, 1.165) is 0 Å². The highest BCUT2D eigenvalue weighted by molar-refractivity contribution is 6.15. The molecule has 3 aromatic rings. The summed E-state index contributed by atoms with van der Waals surface area (Å²) in [5.41, 5.74) is -1.17. The number of aliphatic hydroxyl groups is 4. The minimum Gasteiger partial charge on any atom is -0.497 e. The van der Waals surface area contributed by atoms with E-state index in [9.17, 15) is 39.6 Å². The molecule has 17 nitrogen and oxygen atoms in total. The van der Waals surface area contributed by atoms with Crippen LogP contribution >= 0.6 is 0 Å². The Morgan fingerprint density at radius 3 is 2.12 bits per heavy atom. The van der Waals surface area contributed by atoms with Crippen molar-refractivity contribution in [1.29, 1.82) is 0 Å². The molecule has 2 heterocycles. The molecule has 8 atom stereocenters. The van der Waals surface area contributed by atoms with Gasteiger partial charge in [0.05, 0.1) is 47.6 Å². The van der Waals surface area contributed by atoms with E-state index in [4.69, 9.17) is 33.2 Å². The van der Waals surface area contributed by atoms with Gasteiger partial charge in [0.15, 0.2) is 12.1 Å². The van der Waals surface area contributed by atoms with Crippen LogP contribution in [0.5, 0.6) is 23.0 Å². The SMILES string of the molecule is COC(=O)C1(c2ccc(OC)cc2)Oc2cc(OC)cc(OC)c2C(=O)C(C(=O)NCCCCNC(=O)C(C)=CCOC2OC(CO)C(O)C(O)C2O)C1c1ccccc1. The number of rotatable bonds is 17. The second kappa shape index (κ2) is 20.6. The number of carbonyl (C=O) groups is 4. The number of ketones is 1. The fourth-order valence-corrected chi connectivity index (χ4v) is 7.30. The zero-order valence-corrected chi connectivity index (χ0v) is 34.0. The Morgan fingerprint density at radius 1 is 0.833 bits per heavy atom. The Labute approximate surface area is 347 Å². The number of hydrogen-bond acceptors (Lipinski definition) is 15. The molecule has 0 spiro atoms. The number of carbonyl (C=O) groups excluding carboxylic acids is 4. The smallest absolute Gasteiger partial charge is 0.355 e. The molecule has 60 heavy (non-hydrogen) atoms. The third-order valence-corrected chi connectivity index (χ3v) is 10.6. The molecule has 17 heteroatoms. The van der Waals surface area contributed by atoms with E-state index in [1.165, 1.54) is 46.6 Å². The monoisotopic (exact) mass is 836 g/mol. The van der Waals surface area contributed by atoms with Crippen molar-refractivity contribution in [2.24, 2.45) is 5.92 Å². The molecule has 1 saturated heterocycles.